The van der Waals surface area contributed by atoms with E-state index in [1.54, 1.807) is 19.9 Å². The van der Waals surface area contributed by atoms with Gasteiger partial charge in [0.25, 0.3) is 5.91 Å². The molecule has 29 heavy (non-hydrogen) atoms. The van der Waals surface area contributed by atoms with Crippen LogP contribution in [0.1, 0.15) is 23.0 Å². The van der Waals surface area contributed by atoms with Crippen molar-refractivity contribution >= 4 is 34.1 Å². The minimum atomic E-state index is -0.375. The zero-order chi connectivity index (χ0) is 20.5. The second kappa shape index (κ2) is 7.58. The molecule has 2 heterocycles. The second-order valence-corrected chi connectivity index (χ2v) is 7.31. The summed E-state index contributed by atoms with van der Waals surface area (Å²) in [5.74, 6) is -0.544. The fourth-order valence-electron chi connectivity index (χ4n) is 3.82. The van der Waals surface area contributed by atoms with Crippen molar-refractivity contribution in [1.29, 1.82) is 0 Å². The van der Waals surface area contributed by atoms with Crippen molar-refractivity contribution < 1.29 is 14.0 Å². The topological polar surface area (TPSA) is 68.4 Å². The van der Waals surface area contributed by atoms with Crippen LogP contribution in [0.15, 0.2) is 42.5 Å². The molecule has 0 aliphatic carbocycles. The van der Waals surface area contributed by atoms with Crippen LogP contribution in [0.4, 0.5) is 15.8 Å². The Morgan fingerprint density at radius 2 is 1.72 bits per heavy atom. The monoisotopic (exact) mass is 394 g/mol. The number of nitrogens with zero attached hydrogens (tertiary/aromatic N) is 2. The molecule has 0 radical (unpaired) electrons. The molecule has 7 heteroatoms. The van der Waals surface area contributed by atoms with Crippen LogP contribution in [-0.2, 0) is 4.79 Å². The van der Waals surface area contributed by atoms with Gasteiger partial charge in [-0.15, -0.1) is 0 Å². The molecule has 1 fully saturated rings. The zero-order valence-electron chi connectivity index (χ0n) is 16.5. The number of carbonyl (C=O) groups excluding carboxylic acids is 2. The van der Waals surface area contributed by atoms with Gasteiger partial charge in [0.2, 0.25) is 5.91 Å². The molecule has 2 amide bonds. The smallest absolute Gasteiger partial charge is 0.258 e. The van der Waals surface area contributed by atoms with Crippen molar-refractivity contribution in [2.75, 3.05) is 36.4 Å². The van der Waals surface area contributed by atoms with Gasteiger partial charge in [-0.3, -0.25) is 9.59 Å². The summed E-state index contributed by atoms with van der Waals surface area (Å²) in [7, 11) is 0. The normalized spacial score (nSPS) is 14.3. The van der Waals surface area contributed by atoms with Gasteiger partial charge in [-0.1, -0.05) is 0 Å². The van der Waals surface area contributed by atoms with Gasteiger partial charge < -0.3 is 20.1 Å². The van der Waals surface area contributed by atoms with E-state index in [0.717, 1.165) is 24.3 Å². The Labute approximate surface area is 168 Å². The Bertz CT molecular complexity index is 1070. The summed E-state index contributed by atoms with van der Waals surface area (Å²) in [6.07, 6.45) is 0. The fraction of sp³-hybridized carbons (Fsp3) is 0.273. The van der Waals surface area contributed by atoms with Gasteiger partial charge in [-0.05, 0) is 49.4 Å². The first-order valence-electron chi connectivity index (χ1n) is 9.62. The first-order chi connectivity index (χ1) is 13.9. The number of hydrogen-bond acceptors (Lipinski definition) is 3. The molecule has 3 aromatic rings. The van der Waals surface area contributed by atoms with E-state index in [1.807, 2.05) is 29.2 Å². The van der Waals surface area contributed by atoms with Gasteiger partial charge in [0.05, 0.1) is 5.56 Å². The lowest BCUT2D eigenvalue weighted by Gasteiger charge is -2.35. The van der Waals surface area contributed by atoms with Crippen LogP contribution >= 0.6 is 0 Å². The number of piperazine rings is 1. The van der Waals surface area contributed by atoms with E-state index in [0.29, 0.717) is 35.4 Å². The molecule has 0 saturated carbocycles. The molecule has 0 unspecified atom stereocenters. The molecule has 1 aliphatic rings. The number of aromatic nitrogens is 1. The number of halogens is 1. The van der Waals surface area contributed by atoms with Crippen LogP contribution in [0.25, 0.3) is 10.9 Å². The number of fused-ring (bicyclic) bond motifs is 1. The van der Waals surface area contributed by atoms with Crippen LogP contribution in [0.2, 0.25) is 0 Å². The Morgan fingerprint density at radius 1 is 1.03 bits per heavy atom. The quantitative estimate of drug-likeness (QED) is 0.714. The van der Waals surface area contributed by atoms with Crippen LogP contribution in [0, 0.1) is 12.7 Å². The highest BCUT2D eigenvalue weighted by Gasteiger charge is 2.19. The van der Waals surface area contributed by atoms with Crippen LogP contribution < -0.4 is 10.2 Å². The number of H-pyrrole nitrogens is 1. The molecule has 0 spiro atoms. The summed E-state index contributed by atoms with van der Waals surface area (Å²) in [5, 5.41) is 3.47. The Hall–Kier alpha value is -3.35. The third kappa shape index (κ3) is 3.81. The van der Waals surface area contributed by atoms with Crippen LogP contribution in [0.3, 0.4) is 0 Å². The van der Waals surface area contributed by atoms with Crippen molar-refractivity contribution in [3.05, 3.63) is 59.5 Å². The van der Waals surface area contributed by atoms with E-state index in [9.17, 15) is 14.0 Å². The summed E-state index contributed by atoms with van der Waals surface area (Å²) in [6, 6.07) is 12.0. The molecule has 150 valence electrons. The van der Waals surface area contributed by atoms with E-state index in [2.05, 4.69) is 15.2 Å². The Kier molecular flexibility index (Phi) is 4.96. The highest BCUT2D eigenvalue weighted by atomic mass is 19.1. The summed E-state index contributed by atoms with van der Waals surface area (Å²) in [5.41, 5.74) is 3.60. The predicted molar refractivity (Wildman–Crippen MR) is 112 cm³/mol. The lowest BCUT2D eigenvalue weighted by atomic mass is 10.1. The van der Waals surface area contributed by atoms with Crippen LogP contribution in [0.5, 0.6) is 0 Å². The predicted octanol–water partition coefficient (Wildman–Crippen LogP) is 3.54. The Balaban J connectivity index is 1.47. The lowest BCUT2D eigenvalue weighted by molar-refractivity contribution is -0.129. The van der Waals surface area contributed by atoms with Gasteiger partial charge in [-0.2, -0.15) is 0 Å². The van der Waals surface area contributed by atoms with Gasteiger partial charge in [0, 0.05) is 61.1 Å². The number of hydrogen-bond donors (Lipinski definition) is 2. The number of carbonyl (C=O) groups is 2. The van der Waals surface area contributed by atoms with Gasteiger partial charge in [-0.25, -0.2) is 4.39 Å². The summed E-state index contributed by atoms with van der Waals surface area (Å²) in [6.45, 7) is 6.39. The van der Waals surface area contributed by atoms with E-state index < -0.39 is 0 Å². The molecule has 1 aliphatic heterocycles. The highest BCUT2D eigenvalue weighted by Crippen LogP contribution is 2.25. The van der Waals surface area contributed by atoms with Crippen LogP contribution in [-0.4, -0.2) is 47.9 Å². The molecule has 4 rings (SSSR count). The third-order valence-corrected chi connectivity index (χ3v) is 5.39. The van der Waals surface area contributed by atoms with E-state index in [4.69, 9.17) is 0 Å². The van der Waals surface area contributed by atoms with Crippen molar-refractivity contribution in [1.82, 2.24) is 9.88 Å². The average Bonchev–Trinajstić information content (AvgIpc) is 3.03. The SMILES string of the molecule is CC(=O)N1CCN(c2ccc(NC(=O)c3c(C)[nH]c4ccc(F)cc34)cc2)CC1. The maximum absolute atomic E-state index is 13.6. The number of amides is 2. The van der Waals surface area contributed by atoms with E-state index in [1.165, 1.54) is 12.1 Å². The summed E-state index contributed by atoms with van der Waals surface area (Å²) < 4.78 is 13.6. The number of aryl methyl sites for hydroxylation is 1. The number of rotatable bonds is 3. The lowest BCUT2D eigenvalue weighted by Crippen LogP contribution is -2.48. The number of nitrogens with one attached hydrogen (secondary N) is 2. The van der Waals surface area contributed by atoms with E-state index >= 15 is 0 Å². The van der Waals surface area contributed by atoms with Crippen molar-refractivity contribution in [3.63, 3.8) is 0 Å². The van der Waals surface area contributed by atoms with Gasteiger partial charge >= 0.3 is 0 Å². The molecular weight excluding hydrogens is 371 g/mol. The molecule has 1 saturated heterocycles. The van der Waals surface area contributed by atoms with Gasteiger partial charge in [0.15, 0.2) is 0 Å². The van der Waals surface area contributed by atoms with Gasteiger partial charge in [0.1, 0.15) is 5.82 Å². The number of aromatic amines is 1. The molecule has 2 N–H and O–H groups in total. The average molecular weight is 394 g/mol. The maximum atomic E-state index is 13.6. The summed E-state index contributed by atoms with van der Waals surface area (Å²) >= 11 is 0. The molecule has 1 aromatic heterocycles. The first-order valence-corrected chi connectivity index (χ1v) is 9.62. The Morgan fingerprint density at radius 3 is 2.38 bits per heavy atom. The van der Waals surface area contributed by atoms with Crippen molar-refractivity contribution in [3.8, 4) is 0 Å². The van der Waals surface area contributed by atoms with Crippen molar-refractivity contribution in [2.45, 2.75) is 13.8 Å². The highest BCUT2D eigenvalue weighted by molar-refractivity contribution is 6.14. The minimum Gasteiger partial charge on any atom is -0.368 e. The fourth-order valence-corrected chi connectivity index (χ4v) is 3.82. The first kappa shape index (κ1) is 19.0. The molecule has 6 nitrogen and oxygen atoms in total. The van der Waals surface area contributed by atoms with Crippen molar-refractivity contribution in [2.24, 2.45) is 0 Å². The molecule has 0 bridgehead atoms. The third-order valence-electron chi connectivity index (χ3n) is 5.39. The minimum absolute atomic E-state index is 0.107. The summed E-state index contributed by atoms with van der Waals surface area (Å²) in [4.78, 5) is 31.4. The van der Waals surface area contributed by atoms with E-state index in [-0.39, 0.29) is 17.6 Å². The number of anilines is 2. The molecule has 2 aromatic carbocycles. The zero-order valence-corrected chi connectivity index (χ0v) is 16.5. The molecule has 0 atom stereocenters. The largest absolute Gasteiger partial charge is 0.368 e. The number of benzene rings is 2. The maximum Gasteiger partial charge on any atom is 0.258 e. The standard InChI is InChI=1S/C22H23FN4O2/c1-14-21(19-13-16(23)3-8-20(19)24-14)22(29)25-17-4-6-18(7-5-17)27-11-9-26(10-12-27)15(2)28/h3-8,13,24H,9-12H2,1-2H3,(H,25,29). The molecular formula is C22H23FN4O2. The second-order valence-electron chi connectivity index (χ2n) is 7.31.